The van der Waals surface area contributed by atoms with E-state index in [1.54, 1.807) is 23.5 Å². The molecule has 0 spiro atoms. The lowest BCUT2D eigenvalue weighted by atomic mass is 10.2. The van der Waals surface area contributed by atoms with Crippen molar-refractivity contribution in [2.75, 3.05) is 11.4 Å². The molecule has 1 aliphatic heterocycles. The minimum atomic E-state index is 0.00662. The maximum atomic E-state index is 12.7. The van der Waals surface area contributed by atoms with Crippen molar-refractivity contribution < 1.29 is 4.79 Å². The second kappa shape index (κ2) is 5.35. The summed E-state index contributed by atoms with van der Waals surface area (Å²) in [6.45, 7) is 0.772. The van der Waals surface area contributed by atoms with Crippen LogP contribution in [0, 0.1) is 0 Å². The lowest BCUT2D eigenvalue weighted by Gasteiger charge is -2.21. The van der Waals surface area contributed by atoms with Gasteiger partial charge in [0.2, 0.25) is 0 Å². The average molecular weight is 292 g/mol. The van der Waals surface area contributed by atoms with E-state index < -0.39 is 0 Å². The zero-order valence-electron chi connectivity index (χ0n) is 10.4. The molecule has 2 heterocycles. The molecule has 0 saturated carbocycles. The fraction of sp³-hybridized carbons (Fsp3) is 0.267. The SMILES string of the molecule is O=C(c1ccccc1Cl)N1CCCCc2sccc21. The van der Waals surface area contributed by atoms with Crippen LogP contribution >= 0.6 is 22.9 Å². The Kier molecular flexibility index (Phi) is 3.58. The van der Waals surface area contributed by atoms with Gasteiger partial charge in [-0.1, -0.05) is 23.7 Å². The number of carbonyl (C=O) groups excluding carboxylic acids is 1. The van der Waals surface area contributed by atoms with Gasteiger partial charge in [-0.05, 0) is 42.8 Å². The molecular formula is C15H14ClNOS. The lowest BCUT2D eigenvalue weighted by Crippen LogP contribution is -2.31. The molecule has 0 atom stereocenters. The highest BCUT2D eigenvalue weighted by atomic mass is 35.5. The highest BCUT2D eigenvalue weighted by molar-refractivity contribution is 7.10. The number of hydrogen-bond acceptors (Lipinski definition) is 2. The number of hydrogen-bond donors (Lipinski definition) is 0. The second-order valence-electron chi connectivity index (χ2n) is 4.62. The fourth-order valence-electron chi connectivity index (χ4n) is 2.43. The van der Waals surface area contributed by atoms with Crippen LogP contribution in [0.15, 0.2) is 35.7 Å². The van der Waals surface area contributed by atoms with Crippen molar-refractivity contribution in [2.45, 2.75) is 19.3 Å². The van der Waals surface area contributed by atoms with E-state index >= 15 is 0 Å². The van der Waals surface area contributed by atoms with Crippen LogP contribution in [0.25, 0.3) is 0 Å². The van der Waals surface area contributed by atoms with Gasteiger partial charge in [0.05, 0.1) is 16.3 Å². The van der Waals surface area contributed by atoms with Crippen molar-refractivity contribution in [1.82, 2.24) is 0 Å². The highest BCUT2D eigenvalue weighted by Gasteiger charge is 2.24. The Bertz CT molecular complexity index is 608. The van der Waals surface area contributed by atoms with Crippen molar-refractivity contribution >= 4 is 34.5 Å². The summed E-state index contributed by atoms with van der Waals surface area (Å²) in [5.74, 6) is 0.00662. The summed E-state index contributed by atoms with van der Waals surface area (Å²) in [4.78, 5) is 15.9. The van der Waals surface area contributed by atoms with E-state index in [4.69, 9.17) is 11.6 Å². The molecule has 0 radical (unpaired) electrons. The van der Waals surface area contributed by atoms with Gasteiger partial charge < -0.3 is 4.90 Å². The number of anilines is 1. The highest BCUT2D eigenvalue weighted by Crippen LogP contribution is 2.32. The first-order valence-corrected chi connectivity index (χ1v) is 7.66. The van der Waals surface area contributed by atoms with Gasteiger partial charge in [-0.2, -0.15) is 0 Å². The first-order valence-electron chi connectivity index (χ1n) is 6.40. The Morgan fingerprint density at radius 2 is 2.05 bits per heavy atom. The third-order valence-corrected chi connectivity index (χ3v) is 4.70. The molecule has 1 aromatic heterocycles. The van der Waals surface area contributed by atoms with Crippen molar-refractivity contribution in [3.05, 3.63) is 51.2 Å². The fourth-order valence-corrected chi connectivity index (χ4v) is 3.57. The number of fused-ring (bicyclic) bond motifs is 1. The molecule has 0 aliphatic carbocycles. The number of amides is 1. The minimum absolute atomic E-state index is 0.00662. The Morgan fingerprint density at radius 3 is 2.89 bits per heavy atom. The Labute approximate surface area is 121 Å². The topological polar surface area (TPSA) is 20.3 Å². The van der Waals surface area contributed by atoms with Gasteiger partial charge in [0.1, 0.15) is 0 Å². The first kappa shape index (κ1) is 12.7. The molecular weight excluding hydrogens is 278 g/mol. The molecule has 0 N–H and O–H groups in total. The van der Waals surface area contributed by atoms with Crippen LogP contribution in [0.2, 0.25) is 5.02 Å². The molecule has 0 fully saturated rings. The molecule has 98 valence electrons. The van der Waals surface area contributed by atoms with Crippen LogP contribution < -0.4 is 4.90 Å². The summed E-state index contributed by atoms with van der Waals surface area (Å²) in [5.41, 5.74) is 1.65. The van der Waals surface area contributed by atoms with Crippen LogP contribution in [0.5, 0.6) is 0 Å². The number of rotatable bonds is 1. The zero-order chi connectivity index (χ0) is 13.2. The van der Waals surface area contributed by atoms with Crippen LogP contribution in [0.4, 0.5) is 5.69 Å². The van der Waals surface area contributed by atoms with Crippen molar-refractivity contribution in [1.29, 1.82) is 0 Å². The average Bonchev–Trinajstić information content (AvgIpc) is 2.78. The maximum absolute atomic E-state index is 12.7. The molecule has 1 amide bonds. The monoisotopic (exact) mass is 291 g/mol. The molecule has 0 saturated heterocycles. The smallest absolute Gasteiger partial charge is 0.259 e. The third kappa shape index (κ3) is 2.40. The Morgan fingerprint density at radius 1 is 1.21 bits per heavy atom. The molecule has 0 unspecified atom stereocenters. The minimum Gasteiger partial charge on any atom is -0.307 e. The summed E-state index contributed by atoms with van der Waals surface area (Å²) in [5, 5.41) is 2.58. The number of aryl methyl sites for hydroxylation is 1. The zero-order valence-corrected chi connectivity index (χ0v) is 12.0. The van der Waals surface area contributed by atoms with E-state index in [1.165, 1.54) is 4.88 Å². The van der Waals surface area contributed by atoms with E-state index in [9.17, 15) is 4.79 Å². The molecule has 1 aromatic carbocycles. The number of carbonyl (C=O) groups is 1. The van der Waals surface area contributed by atoms with Crippen molar-refractivity contribution in [2.24, 2.45) is 0 Å². The van der Waals surface area contributed by atoms with Gasteiger partial charge in [-0.15, -0.1) is 11.3 Å². The Balaban J connectivity index is 1.99. The lowest BCUT2D eigenvalue weighted by molar-refractivity contribution is 0.0987. The second-order valence-corrected chi connectivity index (χ2v) is 6.03. The first-order chi connectivity index (χ1) is 9.27. The molecule has 2 aromatic rings. The van der Waals surface area contributed by atoms with Gasteiger partial charge in [0.15, 0.2) is 0 Å². The van der Waals surface area contributed by atoms with Gasteiger partial charge in [-0.3, -0.25) is 4.79 Å². The van der Waals surface area contributed by atoms with Crippen LogP contribution in [-0.4, -0.2) is 12.5 Å². The summed E-state index contributed by atoms with van der Waals surface area (Å²) in [6, 6.07) is 9.30. The normalized spacial score (nSPS) is 14.9. The quantitative estimate of drug-likeness (QED) is 0.763. The van der Waals surface area contributed by atoms with E-state index in [0.717, 1.165) is 31.5 Å². The standard InChI is InChI=1S/C15H14ClNOS/c16-12-6-2-1-5-11(12)15(18)17-9-4-3-7-14-13(17)8-10-19-14/h1-2,5-6,8,10H,3-4,7,9H2. The molecule has 4 heteroatoms. The maximum Gasteiger partial charge on any atom is 0.259 e. The number of benzene rings is 1. The summed E-state index contributed by atoms with van der Waals surface area (Å²) in [7, 11) is 0. The summed E-state index contributed by atoms with van der Waals surface area (Å²) >= 11 is 7.87. The van der Waals surface area contributed by atoms with Crippen LogP contribution in [0.1, 0.15) is 28.1 Å². The predicted octanol–water partition coefficient (Wildman–Crippen LogP) is 4.38. The van der Waals surface area contributed by atoms with E-state index in [2.05, 4.69) is 5.38 Å². The van der Waals surface area contributed by atoms with E-state index in [1.807, 2.05) is 23.1 Å². The van der Waals surface area contributed by atoms with Gasteiger partial charge >= 0.3 is 0 Å². The molecule has 0 bridgehead atoms. The third-order valence-electron chi connectivity index (χ3n) is 3.40. The number of halogens is 1. The summed E-state index contributed by atoms with van der Waals surface area (Å²) < 4.78 is 0. The van der Waals surface area contributed by atoms with Crippen molar-refractivity contribution in [3.8, 4) is 0 Å². The van der Waals surface area contributed by atoms with Crippen molar-refractivity contribution in [3.63, 3.8) is 0 Å². The molecule has 1 aliphatic rings. The molecule has 3 rings (SSSR count). The van der Waals surface area contributed by atoms with E-state index in [0.29, 0.717) is 10.6 Å². The van der Waals surface area contributed by atoms with E-state index in [-0.39, 0.29) is 5.91 Å². The molecule has 2 nitrogen and oxygen atoms in total. The van der Waals surface area contributed by atoms with Gasteiger partial charge in [0.25, 0.3) is 5.91 Å². The molecule has 19 heavy (non-hydrogen) atoms. The number of nitrogens with zero attached hydrogens (tertiary/aromatic N) is 1. The largest absolute Gasteiger partial charge is 0.307 e. The number of thiophene rings is 1. The van der Waals surface area contributed by atoms with Crippen LogP contribution in [-0.2, 0) is 6.42 Å². The van der Waals surface area contributed by atoms with Gasteiger partial charge in [-0.25, -0.2) is 0 Å². The van der Waals surface area contributed by atoms with Crippen LogP contribution in [0.3, 0.4) is 0 Å². The van der Waals surface area contributed by atoms with Gasteiger partial charge in [0, 0.05) is 11.4 Å². The summed E-state index contributed by atoms with van der Waals surface area (Å²) in [6.07, 6.45) is 3.25. The predicted molar refractivity (Wildman–Crippen MR) is 80.4 cm³/mol. The Hall–Kier alpha value is -1.32.